The van der Waals surface area contributed by atoms with Gasteiger partial charge in [-0.2, -0.15) is 10.1 Å². The number of aryl methyl sites for hydroxylation is 1. The Morgan fingerprint density at radius 1 is 1.28 bits per heavy atom. The summed E-state index contributed by atoms with van der Waals surface area (Å²) >= 11 is 3.53. The van der Waals surface area contributed by atoms with Crippen molar-refractivity contribution < 1.29 is 14.6 Å². The van der Waals surface area contributed by atoms with Crippen LogP contribution in [0.3, 0.4) is 0 Å². The third-order valence-electron chi connectivity index (χ3n) is 5.21. The van der Waals surface area contributed by atoms with E-state index >= 15 is 0 Å². The Morgan fingerprint density at radius 3 is 2.75 bits per heavy atom. The van der Waals surface area contributed by atoms with E-state index < -0.39 is 6.04 Å². The fraction of sp³-hybridized carbons (Fsp3) is 0.261. The molecule has 1 aliphatic rings. The van der Waals surface area contributed by atoms with Crippen LogP contribution < -0.4 is 15.4 Å². The van der Waals surface area contributed by atoms with Crippen LogP contribution in [-0.4, -0.2) is 39.5 Å². The summed E-state index contributed by atoms with van der Waals surface area (Å²) < 4.78 is 7.84. The smallest absolute Gasteiger partial charge is 0.255 e. The standard InChI is InChI=1S/C23H24BrN5O3/c1-14-20(22(31)26-17-8-10-18(32-2)11-9-17)21(15-5-3-6-16(24)13-15)29-23(25-14)27-19(28-29)7-4-12-30/h3,5-6,8-11,13,21,30H,4,7,12H2,1-2H3,(H,26,31)(H,25,27,28). The lowest BCUT2D eigenvalue weighted by Crippen LogP contribution is -2.31. The number of benzene rings is 2. The molecule has 2 heterocycles. The first-order valence-corrected chi connectivity index (χ1v) is 11.0. The molecule has 3 aromatic rings. The molecule has 0 bridgehead atoms. The zero-order chi connectivity index (χ0) is 22.7. The Labute approximate surface area is 194 Å². The lowest BCUT2D eigenvalue weighted by atomic mass is 9.95. The maximum atomic E-state index is 13.4. The van der Waals surface area contributed by atoms with Crippen LogP contribution in [0.5, 0.6) is 5.75 Å². The predicted octanol–water partition coefficient (Wildman–Crippen LogP) is 3.90. The van der Waals surface area contributed by atoms with Crippen molar-refractivity contribution in [3.05, 3.63) is 75.7 Å². The number of hydrogen-bond donors (Lipinski definition) is 3. The fourth-order valence-electron chi connectivity index (χ4n) is 3.69. The second kappa shape index (κ2) is 9.54. The first-order valence-electron chi connectivity index (χ1n) is 10.2. The molecule has 0 fully saturated rings. The molecule has 0 aliphatic carbocycles. The van der Waals surface area contributed by atoms with Crippen LogP contribution in [0.15, 0.2) is 64.3 Å². The first-order chi connectivity index (χ1) is 15.5. The predicted molar refractivity (Wildman–Crippen MR) is 126 cm³/mol. The molecule has 1 aliphatic heterocycles. The number of nitrogens with one attached hydrogen (secondary N) is 2. The van der Waals surface area contributed by atoms with Crippen molar-refractivity contribution in [1.82, 2.24) is 14.8 Å². The summed E-state index contributed by atoms with van der Waals surface area (Å²) in [6, 6.07) is 14.5. The zero-order valence-corrected chi connectivity index (χ0v) is 19.4. The average Bonchev–Trinajstić information content (AvgIpc) is 3.19. The van der Waals surface area contributed by atoms with Gasteiger partial charge >= 0.3 is 0 Å². The van der Waals surface area contributed by atoms with E-state index in [0.29, 0.717) is 47.3 Å². The summed E-state index contributed by atoms with van der Waals surface area (Å²) in [6.45, 7) is 1.93. The topological polar surface area (TPSA) is 101 Å². The number of carbonyl (C=O) groups is 1. The summed E-state index contributed by atoms with van der Waals surface area (Å²) in [4.78, 5) is 18.0. The first kappa shape index (κ1) is 22.0. The molecule has 0 radical (unpaired) electrons. The van der Waals surface area contributed by atoms with E-state index in [1.165, 1.54) is 0 Å². The van der Waals surface area contributed by atoms with Crippen LogP contribution in [0, 0.1) is 0 Å². The summed E-state index contributed by atoms with van der Waals surface area (Å²) in [5, 5.41) is 20.0. The van der Waals surface area contributed by atoms with Gasteiger partial charge in [0.15, 0.2) is 5.82 Å². The molecular weight excluding hydrogens is 474 g/mol. The number of anilines is 2. The van der Waals surface area contributed by atoms with Gasteiger partial charge < -0.3 is 20.5 Å². The molecule has 0 spiro atoms. The number of methoxy groups -OCH3 is 1. The second-order valence-electron chi connectivity index (χ2n) is 7.43. The van der Waals surface area contributed by atoms with Gasteiger partial charge in [-0.15, -0.1) is 0 Å². The van der Waals surface area contributed by atoms with Gasteiger partial charge in [-0.1, -0.05) is 28.1 Å². The van der Waals surface area contributed by atoms with E-state index in [9.17, 15) is 4.79 Å². The van der Waals surface area contributed by atoms with Crippen molar-refractivity contribution in [3.8, 4) is 5.75 Å². The normalized spacial score (nSPS) is 15.2. The maximum Gasteiger partial charge on any atom is 0.255 e. The van der Waals surface area contributed by atoms with Crippen LogP contribution in [0.4, 0.5) is 11.6 Å². The molecule has 2 aromatic carbocycles. The van der Waals surface area contributed by atoms with Crippen molar-refractivity contribution in [3.63, 3.8) is 0 Å². The zero-order valence-electron chi connectivity index (χ0n) is 17.8. The minimum Gasteiger partial charge on any atom is -0.497 e. The van der Waals surface area contributed by atoms with Crippen molar-refractivity contribution in [2.75, 3.05) is 24.4 Å². The minimum atomic E-state index is -0.461. The number of aliphatic hydroxyl groups is 1. The fourth-order valence-corrected chi connectivity index (χ4v) is 4.11. The maximum absolute atomic E-state index is 13.4. The van der Waals surface area contributed by atoms with Crippen molar-refractivity contribution in [2.24, 2.45) is 0 Å². The van der Waals surface area contributed by atoms with Crippen LogP contribution in [0.1, 0.15) is 30.8 Å². The average molecular weight is 498 g/mol. The van der Waals surface area contributed by atoms with E-state index in [-0.39, 0.29) is 12.5 Å². The van der Waals surface area contributed by atoms with Crippen LogP contribution in [0.25, 0.3) is 0 Å². The molecule has 1 atom stereocenters. The molecule has 0 saturated carbocycles. The van der Waals surface area contributed by atoms with Gasteiger partial charge in [0.1, 0.15) is 11.8 Å². The molecule has 8 nitrogen and oxygen atoms in total. The molecule has 0 saturated heterocycles. The SMILES string of the molecule is COc1ccc(NC(=O)C2=C(C)Nc3nc(CCCO)nn3C2c2cccc(Br)c2)cc1. The highest BCUT2D eigenvalue weighted by atomic mass is 79.9. The number of fused-ring (bicyclic) bond motifs is 1. The van der Waals surface area contributed by atoms with Gasteiger partial charge in [0.2, 0.25) is 5.95 Å². The van der Waals surface area contributed by atoms with Crippen molar-refractivity contribution in [2.45, 2.75) is 25.8 Å². The number of rotatable bonds is 7. The van der Waals surface area contributed by atoms with Gasteiger partial charge in [-0.3, -0.25) is 4.79 Å². The van der Waals surface area contributed by atoms with Gasteiger partial charge in [0.05, 0.1) is 12.7 Å². The lowest BCUT2D eigenvalue weighted by Gasteiger charge is -2.28. The van der Waals surface area contributed by atoms with Gasteiger partial charge in [-0.05, 0) is 55.3 Å². The summed E-state index contributed by atoms with van der Waals surface area (Å²) in [5.74, 6) is 1.67. The summed E-state index contributed by atoms with van der Waals surface area (Å²) in [5.41, 5.74) is 2.82. The van der Waals surface area contributed by atoms with E-state index in [1.54, 1.807) is 36.1 Å². The number of nitrogens with zero attached hydrogens (tertiary/aromatic N) is 3. The molecule has 1 aromatic heterocycles. The quantitative estimate of drug-likeness (QED) is 0.457. The Bertz CT molecular complexity index is 1160. The van der Waals surface area contributed by atoms with Gasteiger partial charge in [0.25, 0.3) is 5.91 Å². The van der Waals surface area contributed by atoms with Gasteiger partial charge in [-0.25, -0.2) is 4.68 Å². The highest BCUT2D eigenvalue weighted by Crippen LogP contribution is 2.36. The van der Waals surface area contributed by atoms with E-state index in [4.69, 9.17) is 9.84 Å². The molecule has 1 amide bonds. The number of allylic oxidation sites excluding steroid dienone is 1. The van der Waals surface area contributed by atoms with Crippen LogP contribution in [-0.2, 0) is 11.2 Å². The number of aliphatic hydroxyl groups excluding tert-OH is 1. The van der Waals surface area contributed by atoms with E-state index in [0.717, 1.165) is 10.0 Å². The summed E-state index contributed by atoms with van der Waals surface area (Å²) in [6.07, 6.45) is 1.12. The second-order valence-corrected chi connectivity index (χ2v) is 8.34. The molecule has 1 unspecified atom stereocenters. The Kier molecular flexibility index (Phi) is 6.57. The summed E-state index contributed by atoms with van der Waals surface area (Å²) in [7, 11) is 1.60. The van der Waals surface area contributed by atoms with Gasteiger partial charge in [0, 0.05) is 28.9 Å². The minimum absolute atomic E-state index is 0.0686. The lowest BCUT2D eigenvalue weighted by molar-refractivity contribution is -0.113. The highest BCUT2D eigenvalue weighted by Gasteiger charge is 2.34. The Morgan fingerprint density at radius 2 is 2.06 bits per heavy atom. The van der Waals surface area contributed by atoms with Crippen molar-refractivity contribution >= 4 is 33.5 Å². The third-order valence-corrected chi connectivity index (χ3v) is 5.71. The molecule has 3 N–H and O–H groups in total. The Balaban J connectivity index is 1.73. The van der Waals surface area contributed by atoms with Crippen LogP contribution >= 0.6 is 15.9 Å². The molecule has 32 heavy (non-hydrogen) atoms. The molecule has 4 rings (SSSR count). The van der Waals surface area contributed by atoms with Crippen molar-refractivity contribution in [1.29, 1.82) is 0 Å². The number of aromatic nitrogens is 3. The number of halogens is 1. The monoisotopic (exact) mass is 497 g/mol. The molecule has 166 valence electrons. The number of hydrogen-bond acceptors (Lipinski definition) is 6. The Hall–Kier alpha value is -3.17. The van der Waals surface area contributed by atoms with E-state index in [1.807, 2.05) is 31.2 Å². The number of amides is 1. The van der Waals surface area contributed by atoms with Crippen LogP contribution in [0.2, 0.25) is 0 Å². The number of ether oxygens (including phenoxy) is 1. The largest absolute Gasteiger partial charge is 0.497 e. The van der Waals surface area contributed by atoms with E-state index in [2.05, 4.69) is 36.6 Å². The number of carbonyl (C=O) groups excluding carboxylic acids is 1. The molecule has 9 heteroatoms. The third kappa shape index (κ3) is 4.53. The molecular formula is C23H24BrN5O3. The highest BCUT2D eigenvalue weighted by molar-refractivity contribution is 9.10.